The molecular weight excluding hydrogens is 478 g/mol. The zero-order valence-corrected chi connectivity index (χ0v) is 19.8. The van der Waals surface area contributed by atoms with Crippen LogP contribution in [0.15, 0.2) is 24.3 Å². The van der Waals surface area contributed by atoms with Gasteiger partial charge in [0.05, 0.1) is 56.2 Å². The molecule has 0 aromatic heterocycles. The van der Waals surface area contributed by atoms with Crippen molar-refractivity contribution in [3.05, 3.63) is 51.1 Å². The summed E-state index contributed by atoms with van der Waals surface area (Å²) >= 11 is 0. The van der Waals surface area contributed by atoms with E-state index in [1.54, 1.807) is 13.0 Å². The molecule has 12 heteroatoms. The third-order valence-corrected chi connectivity index (χ3v) is 5.56. The normalized spacial score (nSPS) is 21.2. The van der Waals surface area contributed by atoms with Crippen molar-refractivity contribution >= 4 is 5.69 Å². The summed E-state index contributed by atoms with van der Waals surface area (Å²) in [5.74, 6) is 0.430. The molecule has 3 unspecified atom stereocenters. The molecule has 3 atom stereocenters. The summed E-state index contributed by atoms with van der Waals surface area (Å²) in [6.45, 7) is 4.85. The van der Waals surface area contributed by atoms with Gasteiger partial charge in [-0.3, -0.25) is 10.1 Å². The number of aromatic hydroxyl groups is 2. The van der Waals surface area contributed by atoms with Crippen LogP contribution in [0.4, 0.5) is 5.69 Å². The highest BCUT2D eigenvalue weighted by molar-refractivity contribution is 5.54. The van der Waals surface area contributed by atoms with Crippen molar-refractivity contribution < 1.29 is 48.7 Å². The van der Waals surface area contributed by atoms with Crippen molar-refractivity contribution in [2.45, 2.75) is 38.4 Å². The summed E-state index contributed by atoms with van der Waals surface area (Å²) in [7, 11) is 0. The van der Waals surface area contributed by atoms with E-state index in [2.05, 4.69) is 0 Å². The van der Waals surface area contributed by atoms with Gasteiger partial charge >= 0.3 is 0 Å². The van der Waals surface area contributed by atoms with Gasteiger partial charge in [-0.15, -0.1) is 0 Å². The molecule has 2 aromatic rings. The van der Waals surface area contributed by atoms with Crippen molar-refractivity contribution in [2.24, 2.45) is 0 Å². The number of aryl methyl sites for hydroxylation is 1. The lowest BCUT2D eigenvalue weighted by atomic mass is 10.1. The zero-order valence-electron chi connectivity index (χ0n) is 19.8. The van der Waals surface area contributed by atoms with Crippen LogP contribution in [0.2, 0.25) is 0 Å². The SMILES string of the molecule is Cc1cc(O)c(O)cc1CO.O=[N+]([O-])c1cc(OCC2CO2)c(OCC2CO2)cc1COCC1CO1. The number of aliphatic hydroxyl groups excluding tert-OH is 1. The lowest BCUT2D eigenvalue weighted by molar-refractivity contribution is -0.386. The van der Waals surface area contributed by atoms with Gasteiger partial charge < -0.3 is 43.7 Å². The van der Waals surface area contributed by atoms with Gasteiger partial charge in [-0.05, 0) is 36.2 Å². The molecular formula is C24H29NO11. The molecule has 0 amide bonds. The molecule has 0 bridgehead atoms. The Labute approximate surface area is 207 Å². The molecule has 3 heterocycles. The smallest absolute Gasteiger partial charge is 0.278 e. The molecule has 0 saturated carbocycles. The molecule has 5 rings (SSSR count). The quantitative estimate of drug-likeness (QED) is 0.166. The van der Waals surface area contributed by atoms with E-state index in [0.29, 0.717) is 62.3 Å². The molecule has 0 spiro atoms. The van der Waals surface area contributed by atoms with Crippen molar-refractivity contribution in [2.75, 3.05) is 39.6 Å². The van der Waals surface area contributed by atoms with Crippen LogP contribution in [0.1, 0.15) is 16.7 Å². The standard InChI is InChI=1S/C16H19NO8.C8H10O3/c18-17(19)14-2-16(25-9-13-7-23-13)15(24-8-12-6-22-12)1-10(14)3-20-4-11-5-21-11;1-5-2-7(10)8(11)3-6(5)4-9/h1-2,11-13H,3-9H2;2-3,9-11H,4H2,1H3. The van der Waals surface area contributed by atoms with Crippen molar-refractivity contribution in [3.8, 4) is 23.0 Å². The lowest BCUT2D eigenvalue weighted by Gasteiger charge is -2.14. The maximum atomic E-state index is 11.4. The molecule has 3 N–H and O–H groups in total. The summed E-state index contributed by atoms with van der Waals surface area (Å²) in [5.41, 5.74) is 1.77. The first kappa shape index (κ1) is 25.9. The van der Waals surface area contributed by atoms with E-state index < -0.39 is 4.92 Å². The van der Waals surface area contributed by atoms with Gasteiger partial charge in [0.1, 0.15) is 31.5 Å². The maximum Gasteiger partial charge on any atom is 0.278 e. The van der Waals surface area contributed by atoms with E-state index >= 15 is 0 Å². The number of hydrogen-bond acceptors (Lipinski definition) is 11. The number of aliphatic hydroxyl groups is 1. The van der Waals surface area contributed by atoms with Crippen LogP contribution in [-0.4, -0.2) is 78.2 Å². The molecule has 36 heavy (non-hydrogen) atoms. The van der Waals surface area contributed by atoms with Gasteiger partial charge in [-0.25, -0.2) is 0 Å². The summed E-state index contributed by atoms with van der Waals surface area (Å²) in [6.07, 6.45) is 0.213. The highest BCUT2D eigenvalue weighted by Gasteiger charge is 2.28. The lowest BCUT2D eigenvalue weighted by Crippen LogP contribution is -2.10. The second-order valence-corrected chi connectivity index (χ2v) is 8.61. The summed E-state index contributed by atoms with van der Waals surface area (Å²) in [6, 6.07) is 5.76. The van der Waals surface area contributed by atoms with Crippen molar-refractivity contribution in [1.82, 2.24) is 0 Å². The first-order valence-corrected chi connectivity index (χ1v) is 11.5. The molecule has 0 aliphatic carbocycles. The number of ether oxygens (including phenoxy) is 6. The number of epoxide rings is 3. The second kappa shape index (κ2) is 11.7. The van der Waals surface area contributed by atoms with Crippen LogP contribution >= 0.6 is 0 Å². The van der Waals surface area contributed by atoms with Crippen LogP contribution in [0.5, 0.6) is 23.0 Å². The zero-order chi connectivity index (χ0) is 25.7. The van der Waals surface area contributed by atoms with Gasteiger partial charge in [0.2, 0.25) is 0 Å². The van der Waals surface area contributed by atoms with E-state index in [9.17, 15) is 10.1 Å². The number of benzene rings is 2. The van der Waals surface area contributed by atoms with Gasteiger partial charge in [0.15, 0.2) is 23.0 Å². The van der Waals surface area contributed by atoms with E-state index in [1.165, 1.54) is 18.2 Å². The summed E-state index contributed by atoms with van der Waals surface area (Å²) < 4.78 is 32.2. The van der Waals surface area contributed by atoms with Gasteiger partial charge in [0.25, 0.3) is 5.69 Å². The third kappa shape index (κ3) is 7.67. The summed E-state index contributed by atoms with van der Waals surface area (Å²) in [4.78, 5) is 11.0. The monoisotopic (exact) mass is 507 g/mol. The predicted molar refractivity (Wildman–Crippen MR) is 123 cm³/mol. The Morgan fingerprint density at radius 1 is 0.889 bits per heavy atom. The second-order valence-electron chi connectivity index (χ2n) is 8.61. The minimum atomic E-state index is -0.444. The van der Waals surface area contributed by atoms with Crippen LogP contribution in [0, 0.1) is 17.0 Å². The largest absolute Gasteiger partial charge is 0.504 e. The molecule has 3 aliphatic rings. The Balaban J connectivity index is 0.000000233. The van der Waals surface area contributed by atoms with Crippen LogP contribution < -0.4 is 9.47 Å². The van der Waals surface area contributed by atoms with Gasteiger partial charge in [-0.1, -0.05) is 0 Å². The summed E-state index contributed by atoms with van der Waals surface area (Å²) in [5, 5.41) is 38.1. The van der Waals surface area contributed by atoms with Crippen LogP contribution in [0.3, 0.4) is 0 Å². The number of nitro benzene ring substituents is 1. The number of phenols is 2. The van der Waals surface area contributed by atoms with E-state index in [-0.39, 0.29) is 48.7 Å². The minimum Gasteiger partial charge on any atom is -0.504 e. The third-order valence-electron chi connectivity index (χ3n) is 5.56. The fourth-order valence-corrected chi connectivity index (χ4v) is 3.16. The topological polar surface area (TPSA) is 169 Å². The van der Waals surface area contributed by atoms with Gasteiger partial charge in [0, 0.05) is 0 Å². The Kier molecular flexibility index (Phi) is 8.44. The number of nitro groups is 1. The van der Waals surface area contributed by atoms with E-state index in [1.807, 2.05) is 0 Å². The molecule has 0 radical (unpaired) electrons. The Morgan fingerprint density at radius 2 is 1.42 bits per heavy atom. The first-order valence-electron chi connectivity index (χ1n) is 11.5. The Hall–Kier alpha value is -3.16. The maximum absolute atomic E-state index is 11.4. The van der Waals surface area contributed by atoms with Crippen LogP contribution in [0.25, 0.3) is 0 Å². The van der Waals surface area contributed by atoms with E-state index in [4.69, 9.17) is 43.7 Å². The fourth-order valence-electron chi connectivity index (χ4n) is 3.16. The average Bonchev–Trinajstić information content (AvgIpc) is 3.68. The average molecular weight is 507 g/mol. The molecule has 3 fully saturated rings. The number of nitrogens with zero attached hydrogens (tertiary/aromatic N) is 1. The first-order chi connectivity index (χ1) is 17.3. The predicted octanol–water partition coefficient (Wildman–Crippen LogP) is 1.96. The molecule has 3 saturated heterocycles. The van der Waals surface area contributed by atoms with Crippen molar-refractivity contribution in [3.63, 3.8) is 0 Å². The fraction of sp³-hybridized carbons (Fsp3) is 0.500. The molecule has 3 aliphatic heterocycles. The number of hydrogen-bond donors (Lipinski definition) is 3. The highest BCUT2D eigenvalue weighted by Crippen LogP contribution is 2.36. The molecule has 2 aromatic carbocycles. The molecule has 12 nitrogen and oxygen atoms in total. The minimum absolute atomic E-state index is 0.0419. The Bertz CT molecular complexity index is 1060. The Morgan fingerprint density at radius 3 is 1.94 bits per heavy atom. The number of phenolic OH excluding ortho intramolecular Hbond substituents is 2. The number of rotatable bonds is 12. The molecule has 196 valence electrons. The van der Waals surface area contributed by atoms with Crippen LogP contribution in [-0.2, 0) is 32.2 Å². The van der Waals surface area contributed by atoms with Crippen molar-refractivity contribution in [1.29, 1.82) is 0 Å². The van der Waals surface area contributed by atoms with Gasteiger partial charge in [-0.2, -0.15) is 0 Å². The van der Waals surface area contributed by atoms with E-state index in [0.717, 1.165) is 5.56 Å². The highest BCUT2D eigenvalue weighted by atomic mass is 16.6.